The van der Waals surface area contributed by atoms with Crippen molar-refractivity contribution in [1.29, 1.82) is 0 Å². The molecule has 0 radical (unpaired) electrons. The van der Waals surface area contributed by atoms with Crippen molar-refractivity contribution in [2.24, 2.45) is 0 Å². The Morgan fingerprint density at radius 3 is 2.26 bits per heavy atom. The van der Waals surface area contributed by atoms with Crippen LogP contribution in [0.5, 0.6) is 6.01 Å². The highest BCUT2D eigenvalue weighted by Crippen LogP contribution is 2.32. The molecule has 0 spiro atoms. The second-order valence-electron chi connectivity index (χ2n) is 8.54. The van der Waals surface area contributed by atoms with Crippen molar-refractivity contribution in [2.75, 3.05) is 35.4 Å². The van der Waals surface area contributed by atoms with Crippen LogP contribution in [0.15, 0.2) is 54.6 Å². The lowest BCUT2D eigenvalue weighted by Gasteiger charge is -2.16. The van der Waals surface area contributed by atoms with Gasteiger partial charge in [-0.1, -0.05) is 47.3 Å². The zero-order valence-electron chi connectivity index (χ0n) is 20.8. The second-order valence-corrected chi connectivity index (χ2v) is 11.7. The molecule has 0 aliphatic carbocycles. The second kappa shape index (κ2) is 10.7. The third kappa shape index (κ3) is 7.01. The van der Waals surface area contributed by atoms with Crippen LogP contribution in [0, 0.1) is 0 Å². The van der Waals surface area contributed by atoms with Gasteiger partial charge in [0.05, 0.1) is 12.5 Å². The summed E-state index contributed by atoms with van der Waals surface area (Å²) in [5.41, 5.74) is 8.21. The molecule has 38 heavy (non-hydrogen) atoms. The molecule has 15 heteroatoms. The molecule has 2 heterocycles. The van der Waals surface area contributed by atoms with Crippen LogP contribution in [0.2, 0.25) is 0 Å². The number of nitrogens with two attached hydrogens (primary N) is 1. The third-order valence-electron chi connectivity index (χ3n) is 5.25. The fourth-order valence-electron chi connectivity index (χ4n) is 3.59. The van der Waals surface area contributed by atoms with Gasteiger partial charge in [0.1, 0.15) is 11.2 Å². The van der Waals surface area contributed by atoms with Gasteiger partial charge in [0, 0.05) is 18.3 Å². The molecule has 4 aromatic rings. The Labute approximate surface area is 220 Å². The predicted molar refractivity (Wildman–Crippen MR) is 144 cm³/mol. The number of nitrogens with zero attached hydrogens (tertiary/aromatic N) is 4. The van der Waals surface area contributed by atoms with E-state index in [1.165, 1.54) is 0 Å². The Hall–Kier alpha value is -4.11. The Kier molecular flexibility index (Phi) is 7.59. The predicted octanol–water partition coefficient (Wildman–Crippen LogP) is 1.96. The number of benzene rings is 2. The molecular formula is C23H27N7O6S2. The van der Waals surface area contributed by atoms with Crippen LogP contribution < -0.4 is 24.8 Å². The zero-order valence-corrected chi connectivity index (χ0v) is 22.5. The van der Waals surface area contributed by atoms with Gasteiger partial charge in [0.15, 0.2) is 5.82 Å². The maximum absolute atomic E-state index is 11.9. The number of anilines is 3. The van der Waals surface area contributed by atoms with E-state index in [4.69, 9.17) is 14.2 Å². The lowest BCUT2D eigenvalue weighted by molar-refractivity contribution is 0.253. The largest absolute Gasteiger partial charge is 0.399 e. The Morgan fingerprint density at radius 1 is 0.947 bits per heavy atom. The van der Waals surface area contributed by atoms with Gasteiger partial charge >= 0.3 is 26.2 Å². The lowest BCUT2D eigenvalue weighted by Crippen LogP contribution is -2.20. The average molecular weight is 562 g/mol. The summed E-state index contributed by atoms with van der Waals surface area (Å²) in [6.07, 6.45) is 2.29. The van der Waals surface area contributed by atoms with E-state index >= 15 is 0 Å². The number of fused-ring (bicyclic) bond motifs is 1. The van der Waals surface area contributed by atoms with E-state index in [0.717, 1.165) is 23.6 Å². The fourth-order valence-corrected chi connectivity index (χ4v) is 4.30. The van der Waals surface area contributed by atoms with E-state index in [-0.39, 0.29) is 28.7 Å². The first kappa shape index (κ1) is 26.9. The first-order valence-corrected chi connectivity index (χ1v) is 15.0. The molecule has 1 atom stereocenters. The van der Waals surface area contributed by atoms with E-state index in [1.54, 1.807) is 12.1 Å². The molecule has 0 saturated carbocycles. The summed E-state index contributed by atoms with van der Waals surface area (Å²) < 4.78 is 57.4. The monoisotopic (exact) mass is 561 g/mol. The number of nitrogen functional groups attached to an aromatic ring is 1. The highest BCUT2D eigenvalue weighted by molar-refractivity contribution is 7.86. The van der Waals surface area contributed by atoms with Crippen LogP contribution in [0.3, 0.4) is 0 Å². The van der Waals surface area contributed by atoms with Gasteiger partial charge in [-0.2, -0.15) is 26.8 Å². The van der Waals surface area contributed by atoms with Crippen LogP contribution >= 0.6 is 0 Å². The van der Waals surface area contributed by atoms with Gasteiger partial charge in [-0.05, 0) is 36.6 Å². The quantitative estimate of drug-likeness (QED) is 0.179. The van der Waals surface area contributed by atoms with Crippen molar-refractivity contribution < 1.29 is 25.3 Å². The number of hydrogen-bond acceptors (Lipinski definition) is 12. The molecule has 0 bridgehead atoms. The minimum Gasteiger partial charge on any atom is -0.399 e. The van der Waals surface area contributed by atoms with E-state index in [0.29, 0.717) is 23.5 Å². The summed E-state index contributed by atoms with van der Waals surface area (Å²) in [4.78, 5) is 9.03. The van der Waals surface area contributed by atoms with E-state index in [9.17, 15) is 16.8 Å². The lowest BCUT2D eigenvalue weighted by atomic mass is 10.1. The molecule has 0 saturated heterocycles. The minimum atomic E-state index is -4.03. The maximum atomic E-state index is 11.9. The van der Waals surface area contributed by atoms with Crippen molar-refractivity contribution in [3.05, 3.63) is 65.7 Å². The molecule has 0 aliphatic heterocycles. The van der Waals surface area contributed by atoms with Crippen molar-refractivity contribution in [1.82, 2.24) is 19.9 Å². The molecule has 4 rings (SSSR count). The topological polar surface area (TPSA) is 180 Å². The van der Waals surface area contributed by atoms with Crippen molar-refractivity contribution in [3.63, 3.8) is 0 Å². The molecule has 2 aromatic heterocycles. The first-order valence-electron chi connectivity index (χ1n) is 11.4. The molecule has 202 valence electrons. The summed E-state index contributed by atoms with van der Waals surface area (Å²) in [7, 11) is -8.03. The number of hydrogen-bond donors (Lipinski definition) is 3. The van der Waals surface area contributed by atoms with E-state index < -0.39 is 26.2 Å². The smallest absolute Gasteiger partial charge is 0.337 e. The molecule has 0 amide bonds. The van der Waals surface area contributed by atoms with E-state index in [1.807, 2.05) is 49.4 Å². The van der Waals surface area contributed by atoms with Gasteiger partial charge in [0.25, 0.3) is 0 Å². The molecule has 0 unspecified atom stereocenters. The number of rotatable bonds is 11. The Morgan fingerprint density at radius 2 is 1.63 bits per heavy atom. The Bertz CT molecular complexity index is 1640. The fraction of sp³-hybridized carbons (Fsp3) is 0.261. The maximum Gasteiger partial charge on any atom is 0.337 e. The SMILES string of the molecule is C[C@@H](Nc1nc(OS(C)(=O)=O)nc2c1c(NCCc1ccc(N)cc1)nn2OS(C)(=O)=O)c1ccccc1. The van der Waals surface area contributed by atoms with Crippen LogP contribution in [0.25, 0.3) is 11.0 Å². The van der Waals surface area contributed by atoms with Crippen LogP contribution in [0.4, 0.5) is 17.3 Å². The number of nitrogens with one attached hydrogen (secondary N) is 2. The molecule has 13 nitrogen and oxygen atoms in total. The highest BCUT2D eigenvalue weighted by Gasteiger charge is 2.24. The Balaban J connectivity index is 1.78. The normalized spacial score (nSPS) is 12.7. The summed E-state index contributed by atoms with van der Waals surface area (Å²) in [5.74, 6) is 0.371. The molecule has 4 N–H and O–H groups in total. The number of aromatic nitrogens is 4. The van der Waals surface area contributed by atoms with Crippen LogP contribution in [-0.4, -0.2) is 55.8 Å². The molecular weight excluding hydrogens is 534 g/mol. The minimum absolute atomic E-state index is 0.123. The van der Waals surface area contributed by atoms with Gasteiger partial charge in [-0.25, -0.2) is 0 Å². The van der Waals surface area contributed by atoms with Crippen molar-refractivity contribution in [2.45, 2.75) is 19.4 Å². The van der Waals surface area contributed by atoms with Gasteiger partial charge in [-0.15, -0.1) is 5.10 Å². The average Bonchev–Trinajstić information content (AvgIpc) is 3.15. The summed E-state index contributed by atoms with van der Waals surface area (Å²) >= 11 is 0. The molecule has 2 aromatic carbocycles. The van der Waals surface area contributed by atoms with Crippen molar-refractivity contribution in [3.8, 4) is 6.01 Å². The highest BCUT2D eigenvalue weighted by atomic mass is 32.2. The van der Waals surface area contributed by atoms with Gasteiger partial charge < -0.3 is 20.6 Å². The zero-order chi connectivity index (χ0) is 27.5. The summed E-state index contributed by atoms with van der Waals surface area (Å²) in [6, 6.07) is 16.0. The summed E-state index contributed by atoms with van der Waals surface area (Å²) in [6.45, 7) is 2.29. The molecule has 0 fully saturated rings. The molecule has 0 aliphatic rings. The standard InChI is InChI=1S/C23H27N7O6S2/c1-15(17-7-5-4-6-8-17)26-21-19-20(25-14-13-16-9-11-18(24)12-10-16)29-30(36-38(3,33)34)22(19)28-23(27-21)35-37(2,31)32/h4-12,15H,13-14,24H2,1-3H3,(H,25,29)(H,26,27,28)/t15-/m1/s1. The summed E-state index contributed by atoms with van der Waals surface area (Å²) in [5, 5.41) is 10.9. The van der Waals surface area contributed by atoms with Gasteiger partial charge in [0.2, 0.25) is 5.65 Å². The van der Waals surface area contributed by atoms with Crippen LogP contribution in [-0.2, 0) is 26.7 Å². The van der Waals surface area contributed by atoms with Crippen LogP contribution in [0.1, 0.15) is 24.1 Å². The third-order valence-corrected chi connectivity index (χ3v) is 6.11. The first-order chi connectivity index (χ1) is 17.9. The van der Waals surface area contributed by atoms with E-state index in [2.05, 4.69) is 25.7 Å². The van der Waals surface area contributed by atoms with Crippen molar-refractivity contribution >= 4 is 48.6 Å². The van der Waals surface area contributed by atoms with Gasteiger partial charge in [-0.3, -0.25) is 4.28 Å².